The highest BCUT2D eigenvalue weighted by molar-refractivity contribution is 5.78. The van der Waals surface area contributed by atoms with E-state index < -0.39 is 0 Å². The zero-order valence-electron chi connectivity index (χ0n) is 10.9. The summed E-state index contributed by atoms with van der Waals surface area (Å²) in [4.78, 5) is 11.7. The molecule has 0 aromatic heterocycles. The van der Waals surface area contributed by atoms with Crippen LogP contribution in [0.4, 0.5) is 0 Å². The van der Waals surface area contributed by atoms with Gasteiger partial charge in [0.25, 0.3) is 0 Å². The lowest BCUT2D eigenvalue weighted by molar-refractivity contribution is -0.121. The normalized spacial score (nSPS) is 25.0. The third kappa shape index (κ3) is 4.12. The van der Waals surface area contributed by atoms with Crippen molar-refractivity contribution < 1.29 is 4.79 Å². The molecule has 2 unspecified atom stereocenters. The lowest BCUT2D eigenvalue weighted by Gasteiger charge is -2.19. The van der Waals surface area contributed by atoms with Crippen molar-refractivity contribution in [2.24, 2.45) is 5.92 Å². The second-order valence-corrected chi connectivity index (χ2v) is 4.98. The minimum atomic E-state index is 0.146. The molecule has 1 fully saturated rings. The summed E-state index contributed by atoms with van der Waals surface area (Å²) in [5, 5.41) is 6.43. The molecule has 16 heavy (non-hydrogen) atoms. The van der Waals surface area contributed by atoms with E-state index >= 15 is 0 Å². The first-order valence-electron chi connectivity index (χ1n) is 6.70. The summed E-state index contributed by atoms with van der Waals surface area (Å²) in [7, 11) is 0. The number of carbonyl (C=O) groups excluding carboxylic acids is 1. The molecule has 1 rings (SSSR count). The zero-order chi connectivity index (χ0) is 12.0. The van der Waals surface area contributed by atoms with Gasteiger partial charge in [-0.2, -0.15) is 0 Å². The summed E-state index contributed by atoms with van der Waals surface area (Å²) >= 11 is 0. The Balaban J connectivity index is 2.19. The Morgan fingerprint density at radius 2 is 2.00 bits per heavy atom. The van der Waals surface area contributed by atoms with E-state index in [4.69, 9.17) is 0 Å². The van der Waals surface area contributed by atoms with E-state index in [-0.39, 0.29) is 5.91 Å². The SMILES string of the molecule is CCC(CC)NC(=O)CNC1CCCC1C. The van der Waals surface area contributed by atoms with Gasteiger partial charge in [0.1, 0.15) is 0 Å². The number of amides is 1. The smallest absolute Gasteiger partial charge is 0.234 e. The number of hydrogen-bond donors (Lipinski definition) is 2. The van der Waals surface area contributed by atoms with E-state index in [2.05, 4.69) is 31.4 Å². The minimum absolute atomic E-state index is 0.146. The Bertz CT molecular complexity index is 214. The summed E-state index contributed by atoms with van der Waals surface area (Å²) in [6.45, 7) is 6.97. The summed E-state index contributed by atoms with van der Waals surface area (Å²) in [5.41, 5.74) is 0. The number of nitrogens with one attached hydrogen (secondary N) is 2. The molecule has 0 aliphatic heterocycles. The van der Waals surface area contributed by atoms with Crippen LogP contribution in [0.3, 0.4) is 0 Å². The predicted molar refractivity (Wildman–Crippen MR) is 67.3 cm³/mol. The molecule has 3 heteroatoms. The Morgan fingerprint density at radius 3 is 2.50 bits per heavy atom. The number of hydrogen-bond acceptors (Lipinski definition) is 2. The fourth-order valence-electron chi connectivity index (χ4n) is 2.44. The average Bonchev–Trinajstić information content (AvgIpc) is 2.69. The van der Waals surface area contributed by atoms with Crippen LogP contribution in [0.15, 0.2) is 0 Å². The quantitative estimate of drug-likeness (QED) is 0.728. The van der Waals surface area contributed by atoms with Crippen molar-refractivity contribution in [2.75, 3.05) is 6.54 Å². The maximum atomic E-state index is 11.7. The van der Waals surface area contributed by atoms with Crippen LogP contribution >= 0.6 is 0 Å². The lowest BCUT2D eigenvalue weighted by atomic mass is 10.1. The Labute approximate surface area is 99.4 Å². The molecule has 0 spiro atoms. The molecule has 2 atom stereocenters. The van der Waals surface area contributed by atoms with Crippen LogP contribution in [0, 0.1) is 5.92 Å². The van der Waals surface area contributed by atoms with E-state index in [0.29, 0.717) is 18.6 Å². The fraction of sp³-hybridized carbons (Fsp3) is 0.923. The molecule has 1 aliphatic rings. The molecule has 0 saturated heterocycles. The van der Waals surface area contributed by atoms with Crippen molar-refractivity contribution in [3.05, 3.63) is 0 Å². The van der Waals surface area contributed by atoms with Gasteiger partial charge in [0.05, 0.1) is 6.54 Å². The molecule has 1 amide bonds. The molecule has 0 heterocycles. The summed E-state index contributed by atoms with van der Waals surface area (Å²) in [6.07, 6.45) is 5.85. The average molecular weight is 226 g/mol. The van der Waals surface area contributed by atoms with Crippen LogP contribution in [0.5, 0.6) is 0 Å². The zero-order valence-corrected chi connectivity index (χ0v) is 10.9. The highest BCUT2D eigenvalue weighted by Gasteiger charge is 2.23. The van der Waals surface area contributed by atoms with Gasteiger partial charge in [-0.3, -0.25) is 4.79 Å². The van der Waals surface area contributed by atoms with Crippen LogP contribution in [0.25, 0.3) is 0 Å². The maximum Gasteiger partial charge on any atom is 0.234 e. The minimum Gasteiger partial charge on any atom is -0.352 e. The van der Waals surface area contributed by atoms with Crippen molar-refractivity contribution >= 4 is 5.91 Å². The van der Waals surface area contributed by atoms with Crippen molar-refractivity contribution in [3.8, 4) is 0 Å². The monoisotopic (exact) mass is 226 g/mol. The fourth-order valence-corrected chi connectivity index (χ4v) is 2.44. The van der Waals surface area contributed by atoms with Gasteiger partial charge in [0.2, 0.25) is 5.91 Å². The first-order chi connectivity index (χ1) is 7.67. The van der Waals surface area contributed by atoms with Gasteiger partial charge < -0.3 is 10.6 Å². The lowest BCUT2D eigenvalue weighted by Crippen LogP contribution is -2.43. The molecule has 0 bridgehead atoms. The van der Waals surface area contributed by atoms with Crippen LogP contribution in [0.1, 0.15) is 52.9 Å². The molecule has 2 N–H and O–H groups in total. The van der Waals surface area contributed by atoms with E-state index in [9.17, 15) is 4.79 Å². The molecular weight excluding hydrogens is 200 g/mol. The number of rotatable bonds is 6. The first-order valence-corrected chi connectivity index (χ1v) is 6.70. The molecule has 1 aliphatic carbocycles. The molecule has 94 valence electrons. The summed E-state index contributed by atoms with van der Waals surface area (Å²) in [6, 6.07) is 0.891. The Kier molecular flexibility index (Phi) is 5.81. The van der Waals surface area contributed by atoms with Gasteiger partial charge in [-0.15, -0.1) is 0 Å². The second kappa shape index (κ2) is 6.89. The summed E-state index contributed by atoms with van der Waals surface area (Å²) < 4.78 is 0. The maximum absolute atomic E-state index is 11.7. The standard InChI is InChI=1S/C13H26N2O/c1-4-11(5-2)15-13(16)9-14-12-8-6-7-10(12)3/h10-12,14H,4-9H2,1-3H3,(H,15,16). The van der Waals surface area contributed by atoms with Gasteiger partial charge in [0, 0.05) is 12.1 Å². The summed E-state index contributed by atoms with van der Waals surface area (Å²) in [5.74, 6) is 0.869. The number of carbonyl (C=O) groups is 1. The Hall–Kier alpha value is -0.570. The van der Waals surface area contributed by atoms with Crippen molar-refractivity contribution in [1.29, 1.82) is 0 Å². The molecule has 3 nitrogen and oxygen atoms in total. The van der Waals surface area contributed by atoms with Gasteiger partial charge in [0.15, 0.2) is 0 Å². The third-order valence-corrected chi connectivity index (χ3v) is 3.74. The van der Waals surface area contributed by atoms with Crippen molar-refractivity contribution in [3.63, 3.8) is 0 Å². The van der Waals surface area contributed by atoms with E-state index in [1.54, 1.807) is 0 Å². The van der Waals surface area contributed by atoms with E-state index in [0.717, 1.165) is 18.8 Å². The van der Waals surface area contributed by atoms with Crippen LogP contribution in [-0.2, 0) is 4.79 Å². The van der Waals surface area contributed by atoms with Crippen LogP contribution < -0.4 is 10.6 Å². The van der Waals surface area contributed by atoms with Crippen LogP contribution in [-0.4, -0.2) is 24.5 Å². The molecule has 0 aromatic rings. The molecule has 1 saturated carbocycles. The highest BCUT2D eigenvalue weighted by Crippen LogP contribution is 2.24. The predicted octanol–water partition coefficient (Wildman–Crippen LogP) is 2.07. The van der Waals surface area contributed by atoms with Crippen molar-refractivity contribution in [2.45, 2.75) is 65.0 Å². The highest BCUT2D eigenvalue weighted by atomic mass is 16.1. The third-order valence-electron chi connectivity index (χ3n) is 3.74. The van der Waals surface area contributed by atoms with Gasteiger partial charge in [-0.05, 0) is 31.6 Å². The van der Waals surface area contributed by atoms with E-state index in [1.807, 2.05) is 0 Å². The van der Waals surface area contributed by atoms with Gasteiger partial charge >= 0.3 is 0 Å². The Morgan fingerprint density at radius 1 is 1.31 bits per heavy atom. The molecule has 0 aromatic carbocycles. The first kappa shape index (κ1) is 13.5. The van der Waals surface area contributed by atoms with Gasteiger partial charge in [-0.1, -0.05) is 27.2 Å². The molecular formula is C13H26N2O. The van der Waals surface area contributed by atoms with Gasteiger partial charge in [-0.25, -0.2) is 0 Å². The van der Waals surface area contributed by atoms with E-state index in [1.165, 1.54) is 19.3 Å². The second-order valence-electron chi connectivity index (χ2n) is 4.98. The largest absolute Gasteiger partial charge is 0.352 e. The van der Waals surface area contributed by atoms with Crippen molar-refractivity contribution in [1.82, 2.24) is 10.6 Å². The topological polar surface area (TPSA) is 41.1 Å². The molecule has 0 radical (unpaired) electrons. The van der Waals surface area contributed by atoms with Crippen LogP contribution in [0.2, 0.25) is 0 Å².